The highest BCUT2D eigenvalue weighted by molar-refractivity contribution is 6.30. The Bertz CT molecular complexity index is 1810. The molecule has 4 aromatic rings. The normalized spacial score (nSPS) is 23.0. The summed E-state index contributed by atoms with van der Waals surface area (Å²) in [5, 5.41) is 2.37. The maximum Gasteiger partial charge on any atom is 0.240 e. The third kappa shape index (κ3) is 4.02. The van der Waals surface area contributed by atoms with Gasteiger partial charge in [-0.3, -0.25) is 19.2 Å². The number of halogens is 1. The van der Waals surface area contributed by atoms with Crippen LogP contribution in [0.2, 0.25) is 5.02 Å². The summed E-state index contributed by atoms with van der Waals surface area (Å²) < 4.78 is 0. The quantitative estimate of drug-likeness (QED) is 0.226. The molecule has 4 unspecified atom stereocenters. The zero-order chi connectivity index (χ0) is 28.2. The van der Waals surface area contributed by atoms with E-state index in [1.807, 2.05) is 42.5 Å². The molecule has 2 saturated heterocycles. The van der Waals surface area contributed by atoms with Gasteiger partial charge in [-0.1, -0.05) is 78.3 Å². The van der Waals surface area contributed by atoms with Crippen molar-refractivity contribution in [2.45, 2.75) is 12.1 Å². The van der Waals surface area contributed by atoms with Crippen molar-refractivity contribution in [1.82, 2.24) is 4.90 Å². The molecule has 4 aromatic carbocycles. The first-order valence-electron chi connectivity index (χ1n) is 13.4. The van der Waals surface area contributed by atoms with E-state index < -0.39 is 29.8 Å². The van der Waals surface area contributed by atoms with Crippen LogP contribution in [0.1, 0.15) is 20.7 Å². The fourth-order valence-electron chi connectivity index (χ4n) is 6.31. The Morgan fingerprint density at radius 1 is 0.707 bits per heavy atom. The van der Waals surface area contributed by atoms with Gasteiger partial charge in [-0.25, -0.2) is 4.90 Å². The van der Waals surface area contributed by atoms with Gasteiger partial charge in [0.25, 0.3) is 0 Å². The molecule has 0 aromatic heterocycles. The lowest BCUT2D eigenvalue weighted by Gasteiger charge is -2.32. The number of anilines is 1. The molecule has 3 aliphatic rings. The first-order valence-corrected chi connectivity index (χ1v) is 13.7. The third-order valence-corrected chi connectivity index (χ3v) is 8.49. The molecule has 0 bridgehead atoms. The zero-order valence-electron chi connectivity index (χ0n) is 21.7. The van der Waals surface area contributed by atoms with Crippen LogP contribution in [0.25, 0.3) is 10.8 Å². The van der Waals surface area contributed by atoms with Crippen molar-refractivity contribution in [3.8, 4) is 0 Å². The Labute approximate surface area is 241 Å². The number of carbonyl (C=O) groups excluding carboxylic acids is 4. The number of hydrogen-bond donors (Lipinski definition) is 0. The monoisotopic (exact) mass is 558 g/mol. The molecule has 7 rings (SSSR count). The maximum absolute atomic E-state index is 14.1. The van der Waals surface area contributed by atoms with E-state index in [2.05, 4.69) is 0 Å². The predicted molar refractivity (Wildman–Crippen MR) is 157 cm³/mol. The van der Waals surface area contributed by atoms with Gasteiger partial charge in [0.15, 0.2) is 11.6 Å². The van der Waals surface area contributed by atoms with Crippen molar-refractivity contribution >= 4 is 51.4 Å². The first-order chi connectivity index (χ1) is 19.9. The van der Waals surface area contributed by atoms with E-state index in [4.69, 9.17) is 11.6 Å². The number of carbonyl (C=O) groups is 4. The minimum Gasteiger partial charge on any atom is -0.359 e. The van der Waals surface area contributed by atoms with Crippen molar-refractivity contribution in [2.24, 2.45) is 11.8 Å². The molecule has 3 heterocycles. The highest BCUT2D eigenvalue weighted by Crippen LogP contribution is 2.47. The molecule has 0 N–H and O–H groups in total. The van der Waals surface area contributed by atoms with Crippen LogP contribution < -0.4 is 4.90 Å². The van der Waals surface area contributed by atoms with E-state index >= 15 is 0 Å². The van der Waals surface area contributed by atoms with Crippen molar-refractivity contribution in [1.29, 1.82) is 0 Å². The summed E-state index contributed by atoms with van der Waals surface area (Å²) in [6, 6.07) is 27.0. The summed E-state index contributed by atoms with van der Waals surface area (Å²) in [4.78, 5) is 58.5. The smallest absolute Gasteiger partial charge is 0.240 e. The van der Waals surface area contributed by atoms with Crippen LogP contribution in [0.3, 0.4) is 0 Å². The number of rotatable bonds is 5. The van der Waals surface area contributed by atoms with Crippen LogP contribution in [0, 0.1) is 11.8 Å². The average molecular weight is 559 g/mol. The summed E-state index contributed by atoms with van der Waals surface area (Å²) in [7, 11) is 0. The average Bonchev–Trinajstić information content (AvgIpc) is 3.48. The number of Topliss-reactive ketones (excluding diaryl/α,β-unsaturated/α-hetero) is 2. The van der Waals surface area contributed by atoms with E-state index in [1.165, 1.54) is 4.90 Å². The van der Waals surface area contributed by atoms with E-state index in [1.54, 1.807) is 77.8 Å². The van der Waals surface area contributed by atoms with E-state index in [-0.39, 0.29) is 17.5 Å². The Morgan fingerprint density at radius 2 is 1.39 bits per heavy atom. The molecule has 0 radical (unpaired) electrons. The van der Waals surface area contributed by atoms with Gasteiger partial charge in [0, 0.05) is 27.9 Å². The molecule has 6 nitrogen and oxygen atoms in total. The summed E-state index contributed by atoms with van der Waals surface area (Å²) >= 11 is 6.06. The standard InChI is InChI=1S/C34H23ClN2O4/c35-25-13-10-22(11-14-25)32(39)30-29-28(27-19-24(16-17-36(27)30)31(38)21-7-2-1-3-8-21)33(40)37(34(29)41)26-15-12-20-6-4-5-9-23(20)18-26/h1-19,27-30H. The lowest BCUT2D eigenvalue weighted by atomic mass is 9.85. The van der Waals surface area contributed by atoms with Gasteiger partial charge in [-0.2, -0.15) is 0 Å². The van der Waals surface area contributed by atoms with Crippen LogP contribution in [0.15, 0.2) is 121 Å². The van der Waals surface area contributed by atoms with Gasteiger partial charge in [0.2, 0.25) is 11.8 Å². The SMILES string of the molecule is O=C(C1=CC2C3C(=O)N(c4ccc5ccccc5c4)C(=O)C3C(C(=O)c3ccc(Cl)cc3)N2C=C1)c1ccccc1. The van der Waals surface area contributed by atoms with Gasteiger partial charge in [0.1, 0.15) is 6.04 Å². The number of fused-ring (bicyclic) bond motifs is 4. The predicted octanol–water partition coefficient (Wildman–Crippen LogP) is 5.87. The topological polar surface area (TPSA) is 74.8 Å². The molecule has 0 spiro atoms. The Kier molecular flexibility index (Phi) is 5.94. The number of benzene rings is 4. The van der Waals surface area contributed by atoms with Crippen LogP contribution in [0.4, 0.5) is 5.69 Å². The van der Waals surface area contributed by atoms with E-state index in [0.717, 1.165) is 10.8 Å². The minimum absolute atomic E-state index is 0.186. The lowest BCUT2D eigenvalue weighted by molar-refractivity contribution is -0.123. The molecule has 41 heavy (non-hydrogen) atoms. The van der Waals surface area contributed by atoms with Crippen LogP contribution >= 0.6 is 11.6 Å². The zero-order valence-corrected chi connectivity index (χ0v) is 22.4. The van der Waals surface area contributed by atoms with Crippen molar-refractivity contribution in [3.63, 3.8) is 0 Å². The van der Waals surface area contributed by atoms with Crippen LogP contribution in [0.5, 0.6) is 0 Å². The fraction of sp³-hybridized carbons (Fsp3) is 0.118. The number of amides is 2. The van der Waals surface area contributed by atoms with E-state index in [0.29, 0.717) is 27.4 Å². The third-order valence-electron chi connectivity index (χ3n) is 8.23. The van der Waals surface area contributed by atoms with Crippen molar-refractivity contribution in [2.75, 3.05) is 4.90 Å². The molecule has 2 amide bonds. The highest BCUT2D eigenvalue weighted by atomic mass is 35.5. The second kappa shape index (κ2) is 9.68. The molecule has 2 fully saturated rings. The van der Waals surface area contributed by atoms with Gasteiger partial charge in [-0.15, -0.1) is 0 Å². The number of ketones is 2. The molecule has 0 aliphatic carbocycles. The number of hydrogen-bond acceptors (Lipinski definition) is 5. The number of allylic oxidation sites excluding steroid dienone is 2. The second-order valence-electron chi connectivity index (χ2n) is 10.5. The Morgan fingerprint density at radius 3 is 2.15 bits per heavy atom. The molecule has 4 atom stereocenters. The molecule has 7 heteroatoms. The first kappa shape index (κ1) is 25.2. The second-order valence-corrected chi connectivity index (χ2v) is 10.9. The fourth-order valence-corrected chi connectivity index (χ4v) is 6.44. The summed E-state index contributed by atoms with van der Waals surface area (Å²) in [5.41, 5.74) is 1.80. The largest absolute Gasteiger partial charge is 0.359 e. The molecule has 200 valence electrons. The molecule has 0 saturated carbocycles. The summed E-state index contributed by atoms with van der Waals surface area (Å²) in [6.07, 6.45) is 5.07. The highest BCUT2D eigenvalue weighted by Gasteiger charge is 2.63. The van der Waals surface area contributed by atoms with E-state index in [9.17, 15) is 19.2 Å². The maximum atomic E-state index is 14.1. The van der Waals surface area contributed by atoms with Crippen LogP contribution in [-0.4, -0.2) is 40.4 Å². The Balaban J connectivity index is 1.32. The molecular weight excluding hydrogens is 536 g/mol. The molecular formula is C34H23ClN2O4. The van der Waals surface area contributed by atoms with Gasteiger partial charge in [0.05, 0.1) is 23.6 Å². The number of imide groups is 1. The summed E-state index contributed by atoms with van der Waals surface area (Å²) in [5.74, 6) is -3.03. The summed E-state index contributed by atoms with van der Waals surface area (Å²) in [6.45, 7) is 0. The number of nitrogens with zero attached hydrogens (tertiary/aromatic N) is 2. The van der Waals surface area contributed by atoms with Gasteiger partial charge in [-0.05, 0) is 53.2 Å². The lowest BCUT2D eigenvalue weighted by Crippen LogP contribution is -2.46. The minimum atomic E-state index is -0.922. The van der Waals surface area contributed by atoms with Gasteiger partial charge < -0.3 is 4.90 Å². The van der Waals surface area contributed by atoms with Gasteiger partial charge >= 0.3 is 0 Å². The van der Waals surface area contributed by atoms with Crippen molar-refractivity contribution in [3.05, 3.63) is 137 Å². The van der Waals surface area contributed by atoms with Crippen LogP contribution in [-0.2, 0) is 9.59 Å². The molecule has 3 aliphatic heterocycles. The van der Waals surface area contributed by atoms with Crippen molar-refractivity contribution < 1.29 is 19.2 Å². The Hall–Kier alpha value is -4.81.